The smallest absolute Gasteiger partial charge is 0.0569 e. The predicted octanol–water partition coefficient (Wildman–Crippen LogP) is 1.43. The Balaban J connectivity index is 3.62. The molecule has 1 atom stereocenters. The summed E-state index contributed by atoms with van der Waals surface area (Å²) in [6.45, 7) is 6.84. The lowest BCUT2D eigenvalue weighted by Crippen LogP contribution is -2.39. The Labute approximate surface area is 70.8 Å². The fraction of sp³-hybridized carbons (Fsp3) is 1.00. The summed E-state index contributed by atoms with van der Waals surface area (Å²) < 4.78 is 0. The van der Waals surface area contributed by atoms with Crippen molar-refractivity contribution in [2.75, 3.05) is 14.1 Å². The quantitative estimate of drug-likeness (QED) is 0.592. The van der Waals surface area contributed by atoms with E-state index in [1.54, 1.807) is 0 Å². The lowest BCUT2D eigenvalue weighted by Gasteiger charge is -2.22. The van der Waals surface area contributed by atoms with Gasteiger partial charge in [0, 0.05) is 0 Å². The van der Waals surface area contributed by atoms with E-state index in [-0.39, 0.29) is 0 Å². The standard InChI is InChI=1S/C9H22N2/c1-7(2)8(3)6-9(10-4)11-5/h7-11H,6H2,1-5H3. The van der Waals surface area contributed by atoms with Gasteiger partial charge in [-0.15, -0.1) is 0 Å². The van der Waals surface area contributed by atoms with E-state index in [0.717, 1.165) is 11.8 Å². The molecule has 0 saturated heterocycles. The summed E-state index contributed by atoms with van der Waals surface area (Å²) in [6.07, 6.45) is 1.66. The van der Waals surface area contributed by atoms with Crippen molar-refractivity contribution < 1.29 is 0 Å². The van der Waals surface area contributed by atoms with Gasteiger partial charge in [-0.2, -0.15) is 0 Å². The van der Waals surface area contributed by atoms with Gasteiger partial charge in [0.2, 0.25) is 0 Å². The third-order valence-electron chi connectivity index (χ3n) is 2.44. The Morgan fingerprint density at radius 1 is 1.00 bits per heavy atom. The van der Waals surface area contributed by atoms with Crippen molar-refractivity contribution in [3.8, 4) is 0 Å². The van der Waals surface area contributed by atoms with E-state index in [2.05, 4.69) is 31.4 Å². The molecule has 0 aromatic carbocycles. The average molecular weight is 158 g/mol. The van der Waals surface area contributed by atoms with Crippen LogP contribution in [0.3, 0.4) is 0 Å². The molecule has 0 aromatic rings. The highest BCUT2D eigenvalue weighted by Crippen LogP contribution is 2.14. The Hall–Kier alpha value is -0.0800. The van der Waals surface area contributed by atoms with Gasteiger partial charge >= 0.3 is 0 Å². The van der Waals surface area contributed by atoms with Crippen LogP contribution >= 0.6 is 0 Å². The molecule has 0 heterocycles. The maximum absolute atomic E-state index is 3.23. The lowest BCUT2D eigenvalue weighted by molar-refractivity contribution is 0.319. The largest absolute Gasteiger partial charge is 0.305 e. The number of rotatable bonds is 5. The summed E-state index contributed by atoms with van der Waals surface area (Å²) in [4.78, 5) is 0. The number of nitrogens with one attached hydrogen (secondary N) is 2. The highest BCUT2D eigenvalue weighted by atomic mass is 15.1. The molecular formula is C9H22N2. The maximum atomic E-state index is 3.23. The molecule has 0 fully saturated rings. The second-order valence-electron chi connectivity index (χ2n) is 3.59. The molecule has 68 valence electrons. The molecule has 0 amide bonds. The Morgan fingerprint density at radius 2 is 1.45 bits per heavy atom. The first kappa shape index (κ1) is 10.9. The van der Waals surface area contributed by atoms with E-state index in [4.69, 9.17) is 0 Å². The van der Waals surface area contributed by atoms with Crippen molar-refractivity contribution in [1.29, 1.82) is 0 Å². The van der Waals surface area contributed by atoms with Gasteiger partial charge < -0.3 is 10.6 Å². The SMILES string of the molecule is CNC(CC(C)C(C)C)NC. The molecule has 0 rings (SSSR count). The first-order valence-corrected chi connectivity index (χ1v) is 4.46. The number of hydrogen-bond donors (Lipinski definition) is 2. The third-order valence-corrected chi connectivity index (χ3v) is 2.44. The second kappa shape index (κ2) is 5.56. The first-order chi connectivity index (χ1) is 5.11. The summed E-state index contributed by atoms with van der Waals surface area (Å²) in [7, 11) is 3.99. The van der Waals surface area contributed by atoms with Gasteiger partial charge in [0.1, 0.15) is 0 Å². The minimum absolute atomic E-state index is 0.465. The molecule has 2 nitrogen and oxygen atoms in total. The maximum Gasteiger partial charge on any atom is 0.0569 e. The van der Waals surface area contributed by atoms with Crippen molar-refractivity contribution in [3.63, 3.8) is 0 Å². The average Bonchev–Trinajstić information content (AvgIpc) is 1.99. The van der Waals surface area contributed by atoms with Gasteiger partial charge in [0.25, 0.3) is 0 Å². The normalized spacial score (nSPS) is 14.5. The van der Waals surface area contributed by atoms with Gasteiger partial charge in [-0.1, -0.05) is 20.8 Å². The second-order valence-corrected chi connectivity index (χ2v) is 3.59. The minimum atomic E-state index is 0.465. The third kappa shape index (κ3) is 4.38. The van der Waals surface area contributed by atoms with Crippen molar-refractivity contribution in [2.45, 2.75) is 33.4 Å². The van der Waals surface area contributed by atoms with Crippen LogP contribution in [-0.4, -0.2) is 20.3 Å². The summed E-state index contributed by atoms with van der Waals surface area (Å²) in [5, 5.41) is 6.45. The molecule has 0 aliphatic heterocycles. The molecule has 2 heteroatoms. The molecular weight excluding hydrogens is 136 g/mol. The van der Waals surface area contributed by atoms with Crippen molar-refractivity contribution >= 4 is 0 Å². The number of hydrogen-bond acceptors (Lipinski definition) is 2. The van der Waals surface area contributed by atoms with Crippen molar-refractivity contribution in [2.24, 2.45) is 11.8 Å². The van der Waals surface area contributed by atoms with Crippen LogP contribution in [0.25, 0.3) is 0 Å². The molecule has 0 aliphatic carbocycles. The van der Waals surface area contributed by atoms with Crippen molar-refractivity contribution in [3.05, 3.63) is 0 Å². The van der Waals surface area contributed by atoms with E-state index in [1.807, 2.05) is 14.1 Å². The fourth-order valence-electron chi connectivity index (χ4n) is 1.02. The lowest BCUT2D eigenvalue weighted by atomic mass is 9.93. The highest BCUT2D eigenvalue weighted by Gasteiger charge is 2.11. The Bertz CT molecular complexity index is 87.6. The summed E-state index contributed by atoms with van der Waals surface area (Å²) in [6, 6.07) is 0. The predicted molar refractivity (Wildman–Crippen MR) is 50.5 cm³/mol. The molecule has 11 heavy (non-hydrogen) atoms. The van der Waals surface area contributed by atoms with Crippen LogP contribution in [-0.2, 0) is 0 Å². The van der Waals surface area contributed by atoms with Crippen LogP contribution < -0.4 is 10.6 Å². The van der Waals surface area contributed by atoms with Gasteiger partial charge in [0.05, 0.1) is 6.17 Å². The minimum Gasteiger partial charge on any atom is -0.305 e. The van der Waals surface area contributed by atoms with Crippen molar-refractivity contribution in [1.82, 2.24) is 10.6 Å². The van der Waals surface area contributed by atoms with E-state index >= 15 is 0 Å². The van der Waals surface area contributed by atoms with Crippen LogP contribution in [0.5, 0.6) is 0 Å². The van der Waals surface area contributed by atoms with E-state index in [1.165, 1.54) is 6.42 Å². The van der Waals surface area contributed by atoms with Gasteiger partial charge in [0.15, 0.2) is 0 Å². The van der Waals surface area contributed by atoms with E-state index in [0.29, 0.717) is 6.17 Å². The highest BCUT2D eigenvalue weighted by molar-refractivity contribution is 4.66. The molecule has 0 radical (unpaired) electrons. The van der Waals surface area contributed by atoms with E-state index in [9.17, 15) is 0 Å². The van der Waals surface area contributed by atoms with Gasteiger partial charge in [-0.25, -0.2) is 0 Å². The van der Waals surface area contributed by atoms with Crippen LogP contribution in [0.2, 0.25) is 0 Å². The molecule has 0 aliphatic rings. The Morgan fingerprint density at radius 3 is 1.73 bits per heavy atom. The Kier molecular flexibility index (Phi) is 5.51. The van der Waals surface area contributed by atoms with Crippen LogP contribution in [0.1, 0.15) is 27.2 Å². The monoisotopic (exact) mass is 158 g/mol. The molecule has 0 aromatic heterocycles. The van der Waals surface area contributed by atoms with Crippen LogP contribution in [0.4, 0.5) is 0 Å². The topological polar surface area (TPSA) is 24.1 Å². The molecule has 0 bridgehead atoms. The fourth-order valence-corrected chi connectivity index (χ4v) is 1.02. The molecule has 0 saturated carbocycles. The zero-order valence-corrected chi connectivity index (χ0v) is 8.44. The molecule has 0 spiro atoms. The van der Waals surface area contributed by atoms with Gasteiger partial charge in [-0.3, -0.25) is 0 Å². The summed E-state index contributed by atoms with van der Waals surface area (Å²) in [5.74, 6) is 1.55. The summed E-state index contributed by atoms with van der Waals surface area (Å²) in [5.41, 5.74) is 0. The van der Waals surface area contributed by atoms with Gasteiger partial charge in [-0.05, 0) is 32.4 Å². The first-order valence-electron chi connectivity index (χ1n) is 4.46. The molecule has 2 N–H and O–H groups in total. The zero-order valence-electron chi connectivity index (χ0n) is 8.44. The van der Waals surface area contributed by atoms with Crippen LogP contribution in [0, 0.1) is 11.8 Å². The van der Waals surface area contributed by atoms with Crippen LogP contribution in [0.15, 0.2) is 0 Å². The summed E-state index contributed by atoms with van der Waals surface area (Å²) >= 11 is 0. The molecule has 1 unspecified atom stereocenters. The van der Waals surface area contributed by atoms with E-state index < -0.39 is 0 Å². The zero-order chi connectivity index (χ0) is 8.85.